The van der Waals surface area contributed by atoms with Crippen molar-refractivity contribution in [2.24, 2.45) is 0 Å². The number of alkyl halides is 3. The van der Waals surface area contributed by atoms with Crippen LogP contribution < -0.4 is 15.7 Å². The van der Waals surface area contributed by atoms with Crippen LogP contribution in [0.2, 0.25) is 0 Å². The van der Waals surface area contributed by atoms with Crippen LogP contribution in [-0.2, 0) is 17.0 Å². The maximum atomic E-state index is 13.1. The summed E-state index contributed by atoms with van der Waals surface area (Å²) >= 11 is 3.04. The van der Waals surface area contributed by atoms with E-state index in [2.05, 4.69) is 26.3 Å². The Hall–Kier alpha value is -2.40. The lowest BCUT2D eigenvalue weighted by Gasteiger charge is -2.15. The summed E-state index contributed by atoms with van der Waals surface area (Å²) in [6.45, 7) is 1.74. The first-order valence-corrected chi connectivity index (χ1v) is 10.4. The molecule has 1 unspecified atom stereocenters. The molecule has 0 aliphatic rings. The van der Waals surface area contributed by atoms with Crippen molar-refractivity contribution in [3.8, 4) is 5.75 Å². The zero-order valence-corrected chi connectivity index (χ0v) is 17.6. The summed E-state index contributed by atoms with van der Waals surface area (Å²) in [7, 11) is 0.105. The SMILES string of the molecule is CCS(=O)c1ccc(OC)cc1Nn1cnc2c(Br)cc(C(F)(F)F)cc2c1=O. The van der Waals surface area contributed by atoms with Gasteiger partial charge in [0, 0.05) is 16.3 Å². The number of methoxy groups -OCH3 is 1. The van der Waals surface area contributed by atoms with Gasteiger partial charge >= 0.3 is 6.18 Å². The molecule has 1 N–H and O–H groups in total. The molecule has 3 aromatic rings. The summed E-state index contributed by atoms with van der Waals surface area (Å²) in [4.78, 5) is 17.3. The van der Waals surface area contributed by atoms with E-state index in [1.54, 1.807) is 25.1 Å². The molecule has 6 nitrogen and oxygen atoms in total. The molecule has 2 aromatic carbocycles. The Balaban J connectivity index is 2.16. The molecule has 0 aliphatic carbocycles. The Morgan fingerprint density at radius 2 is 2.00 bits per heavy atom. The van der Waals surface area contributed by atoms with Crippen LogP contribution >= 0.6 is 15.9 Å². The Kier molecular flexibility index (Phi) is 5.99. The molecule has 0 aliphatic heterocycles. The molecule has 1 heterocycles. The molecule has 154 valence electrons. The molecule has 1 atom stereocenters. The molecule has 3 rings (SSSR count). The van der Waals surface area contributed by atoms with Gasteiger partial charge < -0.3 is 4.74 Å². The van der Waals surface area contributed by atoms with E-state index >= 15 is 0 Å². The minimum Gasteiger partial charge on any atom is -0.497 e. The van der Waals surface area contributed by atoms with E-state index in [4.69, 9.17) is 4.74 Å². The Labute approximate surface area is 174 Å². The van der Waals surface area contributed by atoms with E-state index in [0.717, 1.165) is 23.1 Å². The zero-order valence-electron chi connectivity index (χ0n) is 15.2. The molecule has 0 spiro atoms. The van der Waals surface area contributed by atoms with Crippen molar-refractivity contribution in [2.75, 3.05) is 18.3 Å². The van der Waals surface area contributed by atoms with Gasteiger partial charge in [0.1, 0.15) is 12.1 Å². The fraction of sp³-hybridized carbons (Fsp3) is 0.222. The molecule has 0 saturated carbocycles. The van der Waals surface area contributed by atoms with E-state index in [-0.39, 0.29) is 15.4 Å². The lowest BCUT2D eigenvalue weighted by atomic mass is 10.1. The number of nitrogens with one attached hydrogen (secondary N) is 1. The predicted molar refractivity (Wildman–Crippen MR) is 108 cm³/mol. The normalized spacial score (nSPS) is 12.8. The average Bonchev–Trinajstić information content (AvgIpc) is 2.68. The number of hydrogen-bond donors (Lipinski definition) is 1. The van der Waals surface area contributed by atoms with Crippen molar-refractivity contribution in [1.29, 1.82) is 0 Å². The molecule has 0 fully saturated rings. The van der Waals surface area contributed by atoms with Gasteiger partial charge in [0.25, 0.3) is 5.56 Å². The minimum atomic E-state index is -4.62. The number of aromatic nitrogens is 2. The van der Waals surface area contributed by atoms with E-state index in [9.17, 15) is 22.2 Å². The molecule has 0 bridgehead atoms. The highest BCUT2D eigenvalue weighted by molar-refractivity contribution is 9.10. The van der Waals surface area contributed by atoms with Crippen LogP contribution in [0, 0.1) is 0 Å². The zero-order chi connectivity index (χ0) is 21.3. The highest BCUT2D eigenvalue weighted by Crippen LogP contribution is 2.33. The fourth-order valence-corrected chi connectivity index (χ4v) is 4.08. The van der Waals surface area contributed by atoms with E-state index in [0.29, 0.717) is 22.1 Å². The number of ether oxygens (including phenoxy) is 1. The number of rotatable bonds is 5. The Morgan fingerprint density at radius 3 is 2.62 bits per heavy atom. The summed E-state index contributed by atoms with van der Waals surface area (Å²) in [5.74, 6) is 0.793. The van der Waals surface area contributed by atoms with Gasteiger partial charge in [-0.15, -0.1) is 0 Å². The van der Waals surface area contributed by atoms with Gasteiger partial charge in [0.2, 0.25) is 0 Å². The lowest BCUT2D eigenvalue weighted by Crippen LogP contribution is -2.27. The van der Waals surface area contributed by atoms with Crippen LogP contribution in [0.25, 0.3) is 10.9 Å². The van der Waals surface area contributed by atoms with Gasteiger partial charge in [-0.05, 0) is 40.2 Å². The summed E-state index contributed by atoms with van der Waals surface area (Å²) in [6, 6.07) is 6.39. The topological polar surface area (TPSA) is 73.2 Å². The summed E-state index contributed by atoms with van der Waals surface area (Å²) in [6.07, 6.45) is -3.46. The molecule has 11 heteroatoms. The number of halogens is 4. The third-order valence-corrected chi connectivity index (χ3v) is 6.05. The standard InChI is InChI=1S/C18H15BrF3N3O3S/c1-3-29(27)15-5-4-11(28-2)8-14(15)24-25-9-23-16-12(17(25)26)6-10(7-13(16)19)18(20,21)22/h4-9,24H,3H2,1-2H3. The largest absolute Gasteiger partial charge is 0.497 e. The van der Waals surface area contributed by atoms with Crippen LogP contribution in [0.4, 0.5) is 18.9 Å². The number of hydrogen-bond acceptors (Lipinski definition) is 5. The predicted octanol–water partition coefficient (Wildman–Crippen LogP) is 4.19. The summed E-state index contributed by atoms with van der Waals surface area (Å²) in [5.41, 5.74) is 1.48. The number of anilines is 1. The summed E-state index contributed by atoms with van der Waals surface area (Å²) in [5, 5.41) is -0.220. The third kappa shape index (κ3) is 4.30. The van der Waals surface area contributed by atoms with Gasteiger partial charge in [-0.25, -0.2) is 9.66 Å². The number of benzene rings is 2. The maximum Gasteiger partial charge on any atom is 0.416 e. The first kappa shape index (κ1) is 21.3. The van der Waals surface area contributed by atoms with Gasteiger partial charge in [0.15, 0.2) is 0 Å². The van der Waals surface area contributed by atoms with Crippen LogP contribution in [0.3, 0.4) is 0 Å². The van der Waals surface area contributed by atoms with E-state index < -0.39 is 28.1 Å². The van der Waals surface area contributed by atoms with Crippen molar-refractivity contribution in [3.63, 3.8) is 0 Å². The van der Waals surface area contributed by atoms with Crippen LogP contribution in [0.15, 0.2) is 50.8 Å². The van der Waals surface area contributed by atoms with Crippen molar-refractivity contribution in [1.82, 2.24) is 9.66 Å². The first-order chi connectivity index (χ1) is 13.7. The van der Waals surface area contributed by atoms with Crippen molar-refractivity contribution in [3.05, 3.63) is 57.0 Å². The second-order valence-corrected chi connectivity index (χ2v) is 8.44. The lowest BCUT2D eigenvalue weighted by molar-refractivity contribution is -0.137. The van der Waals surface area contributed by atoms with E-state index in [1.165, 1.54) is 7.11 Å². The van der Waals surface area contributed by atoms with Crippen LogP contribution in [0.1, 0.15) is 12.5 Å². The molecule has 0 amide bonds. The second-order valence-electron chi connectivity index (χ2n) is 5.88. The quantitative estimate of drug-likeness (QED) is 0.581. The first-order valence-electron chi connectivity index (χ1n) is 8.27. The van der Waals surface area contributed by atoms with Gasteiger partial charge in [-0.1, -0.05) is 6.92 Å². The van der Waals surface area contributed by atoms with E-state index in [1.807, 2.05) is 0 Å². The average molecular weight is 490 g/mol. The van der Waals surface area contributed by atoms with Gasteiger partial charge in [-0.2, -0.15) is 13.2 Å². The van der Waals surface area contributed by atoms with Crippen molar-refractivity contribution < 1.29 is 22.1 Å². The maximum absolute atomic E-state index is 13.1. The molecule has 1 aromatic heterocycles. The minimum absolute atomic E-state index is 0.0562. The van der Waals surface area contributed by atoms with Gasteiger partial charge in [0.05, 0.1) is 45.0 Å². The monoisotopic (exact) mass is 489 g/mol. The number of nitrogens with zero attached hydrogens (tertiary/aromatic N) is 2. The molecular formula is C18H15BrF3N3O3S. The smallest absolute Gasteiger partial charge is 0.416 e. The summed E-state index contributed by atoms with van der Waals surface area (Å²) < 4.78 is 57.9. The number of fused-ring (bicyclic) bond motifs is 1. The fourth-order valence-electron chi connectivity index (χ4n) is 2.64. The Morgan fingerprint density at radius 1 is 1.28 bits per heavy atom. The molecule has 0 saturated heterocycles. The third-order valence-electron chi connectivity index (χ3n) is 4.08. The van der Waals surface area contributed by atoms with Crippen LogP contribution in [-0.4, -0.2) is 26.7 Å². The molecule has 29 heavy (non-hydrogen) atoms. The highest BCUT2D eigenvalue weighted by atomic mass is 79.9. The second kappa shape index (κ2) is 8.15. The van der Waals surface area contributed by atoms with Crippen LogP contribution in [0.5, 0.6) is 5.75 Å². The Bertz CT molecular complexity index is 1160. The van der Waals surface area contributed by atoms with Gasteiger partial charge in [-0.3, -0.25) is 14.4 Å². The highest BCUT2D eigenvalue weighted by Gasteiger charge is 2.31. The molecular weight excluding hydrogens is 475 g/mol. The van der Waals surface area contributed by atoms with Crippen molar-refractivity contribution >= 4 is 43.3 Å². The molecule has 0 radical (unpaired) electrons. The van der Waals surface area contributed by atoms with Crippen molar-refractivity contribution in [2.45, 2.75) is 18.0 Å².